The van der Waals surface area contributed by atoms with Crippen molar-refractivity contribution in [3.8, 4) is 22.4 Å². The van der Waals surface area contributed by atoms with E-state index in [9.17, 15) is 0 Å². The normalized spacial score (nSPS) is 14.3. The van der Waals surface area contributed by atoms with Gasteiger partial charge in [-0.1, -0.05) is 50.2 Å². The predicted molar refractivity (Wildman–Crippen MR) is 122 cm³/mol. The molecule has 0 unspecified atom stereocenters. The third-order valence-electron chi connectivity index (χ3n) is 6.53. The molecule has 0 atom stereocenters. The van der Waals surface area contributed by atoms with E-state index in [1.54, 1.807) is 0 Å². The van der Waals surface area contributed by atoms with Crippen molar-refractivity contribution in [1.82, 2.24) is 9.97 Å². The minimum atomic E-state index is -0.143. The Bertz CT molecular complexity index is 1470. The number of pyridine rings is 2. The average Bonchev–Trinajstić information content (AvgIpc) is 3.22. The molecule has 1 aliphatic carbocycles. The van der Waals surface area contributed by atoms with Crippen LogP contribution in [0.2, 0.25) is 0 Å². The molecular weight excluding hydrogens is 368 g/mol. The molecule has 0 aliphatic heterocycles. The molecule has 5 aromatic rings. The third kappa shape index (κ3) is 2.15. The Morgan fingerprint density at radius 1 is 0.800 bits per heavy atom. The van der Waals surface area contributed by atoms with E-state index in [0.29, 0.717) is 0 Å². The van der Waals surface area contributed by atoms with E-state index in [0.717, 1.165) is 50.0 Å². The van der Waals surface area contributed by atoms with Crippen LogP contribution in [0.5, 0.6) is 0 Å². The van der Waals surface area contributed by atoms with Gasteiger partial charge in [0.2, 0.25) is 0 Å². The summed E-state index contributed by atoms with van der Waals surface area (Å²) in [5.41, 5.74) is 10.8. The highest BCUT2D eigenvalue weighted by Crippen LogP contribution is 2.52. The fourth-order valence-electron chi connectivity index (χ4n) is 4.96. The topological polar surface area (TPSA) is 38.9 Å². The number of hydrogen-bond acceptors (Lipinski definition) is 3. The molecule has 0 amide bonds. The summed E-state index contributed by atoms with van der Waals surface area (Å²) in [6.07, 6.45) is 3.80. The molecule has 146 valence electrons. The Balaban J connectivity index is 1.74. The number of fused-ring (bicyclic) bond motifs is 7. The van der Waals surface area contributed by atoms with Crippen molar-refractivity contribution in [2.24, 2.45) is 0 Å². The van der Waals surface area contributed by atoms with Gasteiger partial charge in [0.05, 0.1) is 11.4 Å². The van der Waals surface area contributed by atoms with Crippen LogP contribution in [0, 0.1) is 13.8 Å². The molecule has 3 aromatic heterocycles. The number of benzene rings is 2. The zero-order valence-corrected chi connectivity index (χ0v) is 17.6. The Morgan fingerprint density at radius 2 is 1.57 bits per heavy atom. The van der Waals surface area contributed by atoms with Gasteiger partial charge in [-0.15, -0.1) is 0 Å². The van der Waals surface area contributed by atoms with Crippen LogP contribution >= 0.6 is 0 Å². The van der Waals surface area contributed by atoms with Crippen LogP contribution in [0.15, 0.2) is 65.3 Å². The monoisotopic (exact) mass is 390 g/mol. The molecule has 3 nitrogen and oxygen atoms in total. The van der Waals surface area contributed by atoms with E-state index in [1.165, 1.54) is 16.7 Å². The molecule has 0 saturated heterocycles. The van der Waals surface area contributed by atoms with Gasteiger partial charge >= 0.3 is 0 Å². The number of aromatic nitrogens is 2. The van der Waals surface area contributed by atoms with Crippen LogP contribution in [0.1, 0.15) is 36.2 Å². The summed E-state index contributed by atoms with van der Waals surface area (Å²) >= 11 is 0. The first-order valence-electron chi connectivity index (χ1n) is 10.3. The quantitative estimate of drug-likeness (QED) is 0.310. The lowest BCUT2D eigenvalue weighted by Crippen LogP contribution is -2.16. The van der Waals surface area contributed by atoms with E-state index in [2.05, 4.69) is 70.2 Å². The van der Waals surface area contributed by atoms with Crippen LogP contribution in [-0.2, 0) is 5.41 Å². The zero-order chi connectivity index (χ0) is 20.6. The van der Waals surface area contributed by atoms with E-state index >= 15 is 0 Å². The van der Waals surface area contributed by atoms with Crippen LogP contribution in [0.3, 0.4) is 0 Å². The Labute approximate surface area is 175 Å². The minimum Gasteiger partial charge on any atom is -0.455 e. The van der Waals surface area contributed by atoms with Crippen molar-refractivity contribution in [1.29, 1.82) is 0 Å². The number of nitrogens with zero attached hydrogens (tertiary/aromatic N) is 2. The summed E-state index contributed by atoms with van der Waals surface area (Å²) in [6.45, 7) is 8.66. The van der Waals surface area contributed by atoms with E-state index < -0.39 is 0 Å². The molecule has 0 N–H and O–H groups in total. The smallest absolute Gasteiger partial charge is 0.145 e. The van der Waals surface area contributed by atoms with Crippen molar-refractivity contribution >= 4 is 21.9 Å². The van der Waals surface area contributed by atoms with Crippen molar-refractivity contribution in [3.63, 3.8) is 0 Å². The molecule has 6 rings (SSSR count). The first-order chi connectivity index (χ1) is 14.5. The summed E-state index contributed by atoms with van der Waals surface area (Å²) in [4.78, 5) is 9.41. The van der Waals surface area contributed by atoms with Gasteiger partial charge in [0.15, 0.2) is 0 Å². The fourth-order valence-corrected chi connectivity index (χ4v) is 4.96. The lowest BCUT2D eigenvalue weighted by molar-refractivity contribution is 0.634. The number of rotatable bonds is 1. The SMILES string of the molecule is Cc1ccc(-c2c(C)ccc3c2oc2c4c(ccc23)C(C)(C)c2ncccc2-4)nc1. The van der Waals surface area contributed by atoms with Gasteiger partial charge in [-0.25, -0.2) is 0 Å². The molecule has 3 heteroatoms. The second kappa shape index (κ2) is 5.79. The molecule has 3 heterocycles. The van der Waals surface area contributed by atoms with Crippen molar-refractivity contribution in [2.75, 3.05) is 0 Å². The maximum atomic E-state index is 6.67. The molecule has 0 radical (unpaired) electrons. The van der Waals surface area contributed by atoms with Crippen molar-refractivity contribution in [3.05, 3.63) is 83.3 Å². The van der Waals surface area contributed by atoms with Gasteiger partial charge in [0.1, 0.15) is 11.2 Å². The fraction of sp³-hybridized carbons (Fsp3) is 0.185. The molecule has 0 bridgehead atoms. The molecule has 30 heavy (non-hydrogen) atoms. The maximum Gasteiger partial charge on any atom is 0.145 e. The molecule has 0 saturated carbocycles. The molecule has 1 aliphatic rings. The van der Waals surface area contributed by atoms with Gasteiger partial charge in [0, 0.05) is 45.3 Å². The summed E-state index contributed by atoms with van der Waals surface area (Å²) in [6, 6.07) is 17.1. The minimum absolute atomic E-state index is 0.143. The lowest BCUT2D eigenvalue weighted by Gasteiger charge is -2.19. The van der Waals surface area contributed by atoms with Gasteiger partial charge in [-0.2, -0.15) is 0 Å². The van der Waals surface area contributed by atoms with E-state index in [4.69, 9.17) is 14.4 Å². The molecule has 0 fully saturated rings. The summed E-state index contributed by atoms with van der Waals surface area (Å²) in [5, 5.41) is 2.27. The van der Waals surface area contributed by atoms with Gasteiger partial charge in [-0.3, -0.25) is 9.97 Å². The second-order valence-corrected chi connectivity index (χ2v) is 8.85. The highest BCUT2D eigenvalue weighted by Gasteiger charge is 2.38. The predicted octanol–water partition coefficient (Wildman–Crippen LogP) is 6.97. The Kier molecular flexibility index (Phi) is 3.36. The lowest BCUT2D eigenvalue weighted by atomic mass is 9.85. The number of aryl methyl sites for hydroxylation is 2. The highest BCUT2D eigenvalue weighted by atomic mass is 16.3. The van der Waals surface area contributed by atoms with E-state index in [1.807, 2.05) is 18.5 Å². The summed E-state index contributed by atoms with van der Waals surface area (Å²) in [5.74, 6) is 0. The zero-order valence-electron chi connectivity index (χ0n) is 17.6. The average molecular weight is 390 g/mol. The third-order valence-corrected chi connectivity index (χ3v) is 6.53. The van der Waals surface area contributed by atoms with E-state index in [-0.39, 0.29) is 5.41 Å². The largest absolute Gasteiger partial charge is 0.455 e. The van der Waals surface area contributed by atoms with Gasteiger partial charge in [-0.05, 0) is 42.7 Å². The maximum absolute atomic E-state index is 6.67. The van der Waals surface area contributed by atoms with Crippen LogP contribution in [0.4, 0.5) is 0 Å². The summed E-state index contributed by atoms with van der Waals surface area (Å²) in [7, 11) is 0. The van der Waals surface area contributed by atoms with Gasteiger partial charge < -0.3 is 4.42 Å². The number of furan rings is 1. The second-order valence-electron chi connectivity index (χ2n) is 8.85. The first kappa shape index (κ1) is 17.4. The number of hydrogen-bond donors (Lipinski definition) is 0. The molecule has 2 aromatic carbocycles. The molecular formula is C27H22N2O. The molecule has 0 spiro atoms. The van der Waals surface area contributed by atoms with Crippen molar-refractivity contribution in [2.45, 2.75) is 33.1 Å². The highest BCUT2D eigenvalue weighted by molar-refractivity contribution is 6.14. The standard InChI is InChI=1S/C27H22N2O/c1-15-7-12-21(29-14-15)22-16(2)8-9-17-18-10-11-20-23(25(18)30-24(17)22)19-6-5-13-28-26(19)27(20,3)4/h5-14H,1-4H3. The Morgan fingerprint density at radius 3 is 2.33 bits per heavy atom. The van der Waals surface area contributed by atoms with Crippen LogP contribution in [0.25, 0.3) is 44.3 Å². The summed E-state index contributed by atoms with van der Waals surface area (Å²) < 4.78 is 6.67. The Hall–Kier alpha value is -3.46. The van der Waals surface area contributed by atoms with Crippen molar-refractivity contribution < 1.29 is 4.42 Å². The van der Waals surface area contributed by atoms with Gasteiger partial charge in [0.25, 0.3) is 0 Å². The first-order valence-corrected chi connectivity index (χ1v) is 10.3. The van der Waals surface area contributed by atoms with Crippen LogP contribution < -0.4 is 0 Å². The van der Waals surface area contributed by atoms with Crippen LogP contribution in [-0.4, -0.2) is 9.97 Å².